The number of carbonyl (C=O) groups is 2. The first-order valence-corrected chi connectivity index (χ1v) is 27.5. The number of aryl methyl sites for hydroxylation is 2. The predicted octanol–water partition coefficient (Wildman–Crippen LogP) is 12.1. The van der Waals surface area contributed by atoms with Crippen molar-refractivity contribution in [3.8, 4) is 57.1 Å². The first-order valence-electron chi connectivity index (χ1n) is 27.5. The molecule has 0 atom stereocenters. The average Bonchev–Trinajstić information content (AvgIpc) is 3.01. The summed E-state index contributed by atoms with van der Waals surface area (Å²) >= 11 is 0. The summed E-state index contributed by atoms with van der Waals surface area (Å²) in [5.74, 6) is 0.785. The number of para-hydroxylation sites is 2. The van der Waals surface area contributed by atoms with Gasteiger partial charge in [-0.1, -0.05) is 188 Å². The quantitative estimate of drug-likeness (QED) is 0.0702. The van der Waals surface area contributed by atoms with E-state index in [9.17, 15) is 24.3 Å². The highest BCUT2D eigenvalue weighted by Gasteiger charge is 2.27. The number of benzene rings is 9. The Bertz CT molecular complexity index is 4190. The Hall–Kier alpha value is -11.0. The molecule has 2 heterocycles. The van der Waals surface area contributed by atoms with Crippen LogP contribution in [-0.2, 0) is 32.9 Å². The summed E-state index contributed by atoms with van der Waals surface area (Å²) in [6.45, 7) is 5.30. The predicted molar refractivity (Wildman–Crippen MR) is 327 cm³/mol. The number of nitrogens with zero attached hydrogens (tertiary/aromatic N) is 6. The normalized spacial score (nSPS) is 10.8. The molecule has 0 aliphatic heterocycles. The lowest BCUT2D eigenvalue weighted by atomic mass is 10.0. The third-order valence-electron chi connectivity index (χ3n) is 14.1. The van der Waals surface area contributed by atoms with E-state index in [0.717, 1.165) is 38.9 Å². The van der Waals surface area contributed by atoms with Crippen molar-refractivity contribution < 1.29 is 28.9 Å². The highest BCUT2D eigenvalue weighted by Crippen LogP contribution is 2.39. The fourth-order valence-corrected chi connectivity index (χ4v) is 9.68. The molecule has 0 saturated carbocycles. The maximum Gasteiger partial charge on any atom is 0.348 e. The molecule has 16 heteroatoms. The van der Waals surface area contributed by atoms with Crippen molar-refractivity contribution in [3.05, 3.63) is 295 Å². The second-order valence-corrected chi connectivity index (χ2v) is 20.3. The van der Waals surface area contributed by atoms with Gasteiger partial charge in [0.15, 0.2) is 11.6 Å². The smallest absolute Gasteiger partial charge is 0.348 e. The van der Waals surface area contributed by atoms with Crippen LogP contribution in [0.1, 0.15) is 59.7 Å². The van der Waals surface area contributed by atoms with Gasteiger partial charge in [-0.2, -0.15) is 10.2 Å². The first kappa shape index (κ1) is 57.2. The minimum absolute atomic E-state index is 0.0716. The second kappa shape index (κ2) is 26.7. The summed E-state index contributed by atoms with van der Waals surface area (Å²) in [4.78, 5) is 57.0. The maximum atomic E-state index is 14.2. The number of hydrogen-bond donors (Lipinski definition) is 3. The fourth-order valence-electron chi connectivity index (χ4n) is 9.68. The van der Waals surface area contributed by atoms with Crippen LogP contribution in [0.5, 0.6) is 23.0 Å². The summed E-state index contributed by atoms with van der Waals surface area (Å²) in [6.07, 6.45) is 0. The van der Waals surface area contributed by atoms with Gasteiger partial charge in [-0.25, -0.2) is 28.9 Å². The molecular formula is C69H62N8O8. The number of ether oxygens (including phenoxy) is 3. The topological polar surface area (TPSA) is 190 Å². The van der Waals surface area contributed by atoms with Gasteiger partial charge in [0.1, 0.15) is 42.8 Å². The Labute approximate surface area is 491 Å². The van der Waals surface area contributed by atoms with E-state index in [1.165, 1.54) is 26.2 Å². The van der Waals surface area contributed by atoms with Crippen LogP contribution < -0.4 is 25.6 Å². The number of hydrogen-bond acceptors (Lipinski definition) is 10. The molecule has 2 aromatic heterocycles. The van der Waals surface area contributed by atoms with Crippen LogP contribution in [0.4, 0.5) is 0 Å². The Balaban J connectivity index is 0.000000192. The summed E-state index contributed by atoms with van der Waals surface area (Å²) in [5, 5.41) is 24.8. The second-order valence-electron chi connectivity index (χ2n) is 20.3. The van der Waals surface area contributed by atoms with Crippen molar-refractivity contribution in [2.45, 2.75) is 46.8 Å². The van der Waals surface area contributed by atoms with Crippen LogP contribution >= 0.6 is 0 Å². The molecule has 16 nitrogen and oxygen atoms in total. The van der Waals surface area contributed by atoms with Crippen molar-refractivity contribution in [1.82, 2.24) is 39.3 Å². The maximum absolute atomic E-state index is 14.2. The minimum atomic E-state index is -0.435. The van der Waals surface area contributed by atoms with Crippen molar-refractivity contribution in [1.29, 1.82) is 0 Å². The van der Waals surface area contributed by atoms with E-state index >= 15 is 0 Å². The van der Waals surface area contributed by atoms with Crippen LogP contribution in [0.25, 0.3) is 34.2 Å². The third kappa shape index (κ3) is 13.7. The molecule has 85 heavy (non-hydrogen) atoms. The molecule has 0 saturated heterocycles. The summed E-state index contributed by atoms with van der Waals surface area (Å²) in [7, 11) is 3.43. The van der Waals surface area contributed by atoms with E-state index in [1.54, 1.807) is 31.1 Å². The molecule has 0 unspecified atom stereocenters. The number of aromatic nitrogens is 6. The number of phenolic OH excluding ortho intramolecular Hbond substituents is 1. The highest BCUT2D eigenvalue weighted by molar-refractivity contribution is 5.99. The molecule has 0 aliphatic carbocycles. The van der Waals surface area contributed by atoms with Gasteiger partial charge in [-0.15, -0.1) is 0 Å². The van der Waals surface area contributed by atoms with Gasteiger partial charge in [-0.3, -0.25) is 9.59 Å². The Kier molecular flexibility index (Phi) is 18.0. The van der Waals surface area contributed by atoms with Gasteiger partial charge in [0.05, 0.1) is 33.6 Å². The van der Waals surface area contributed by atoms with Gasteiger partial charge < -0.3 is 29.1 Å². The van der Waals surface area contributed by atoms with E-state index < -0.39 is 11.4 Å². The van der Waals surface area contributed by atoms with Gasteiger partial charge >= 0.3 is 11.4 Å². The largest absolute Gasteiger partial charge is 0.507 e. The number of amides is 2. The van der Waals surface area contributed by atoms with Crippen molar-refractivity contribution in [2.24, 2.45) is 0 Å². The van der Waals surface area contributed by atoms with Crippen LogP contribution in [0.3, 0.4) is 0 Å². The SMILES string of the molecule is Cc1ccccc1-n1c(-c2cc(C(=O)N(C)Cc3ccccc3)c(O)cc2OCc2ccccc2)n[nH]c1=O.Cc1ccccc1-n1c(-c2cc(C(=O)N(C)Cc3ccccc3)c(OCc3ccccc3)cc2OCc2ccccc2)n[nH]c1=O. The van der Waals surface area contributed by atoms with Crippen LogP contribution in [0.15, 0.2) is 234 Å². The van der Waals surface area contributed by atoms with Crippen molar-refractivity contribution in [2.75, 3.05) is 14.1 Å². The molecule has 0 bridgehead atoms. The van der Waals surface area contributed by atoms with Gasteiger partial charge in [0.2, 0.25) is 0 Å². The number of aromatic amines is 2. The molecule has 426 valence electrons. The summed E-state index contributed by atoms with van der Waals surface area (Å²) in [6, 6.07) is 69.9. The summed E-state index contributed by atoms with van der Waals surface area (Å²) in [5.41, 5.74) is 8.27. The van der Waals surface area contributed by atoms with Crippen molar-refractivity contribution >= 4 is 11.8 Å². The molecule has 3 N–H and O–H groups in total. The monoisotopic (exact) mass is 1130 g/mol. The van der Waals surface area contributed by atoms with Gasteiger partial charge in [0, 0.05) is 39.3 Å². The molecule has 0 radical (unpaired) electrons. The Morgan fingerprint density at radius 2 is 0.765 bits per heavy atom. The molecule has 11 aromatic rings. The average molecular weight is 1130 g/mol. The van der Waals surface area contributed by atoms with E-state index in [4.69, 9.17) is 14.2 Å². The fraction of sp³-hybridized carbons (Fsp3) is 0.130. The Morgan fingerprint density at radius 3 is 1.16 bits per heavy atom. The Morgan fingerprint density at radius 1 is 0.435 bits per heavy atom. The molecule has 0 aliphatic rings. The van der Waals surface area contributed by atoms with Crippen LogP contribution in [-0.4, -0.2) is 70.3 Å². The minimum Gasteiger partial charge on any atom is -0.507 e. The third-order valence-corrected chi connectivity index (χ3v) is 14.1. The summed E-state index contributed by atoms with van der Waals surface area (Å²) < 4.78 is 21.8. The number of rotatable bonds is 19. The molecular weight excluding hydrogens is 1070 g/mol. The lowest BCUT2D eigenvalue weighted by Gasteiger charge is -2.22. The lowest BCUT2D eigenvalue weighted by molar-refractivity contribution is 0.0773. The van der Waals surface area contributed by atoms with Crippen molar-refractivity contribution in [3.63, 3.8) is 0 Å². The molecule has 2 amide bonds. The van der Waals surface area contributed by atoms with E-state index in [1.807, 2.05) is 214 Å². The van der Waals surface area contributed by atoms with Gasteiger partial charge in [0.25, 0.3) is 11.8 Å². The first-order chi connectivity index (χ1) is 41.4. The van der Waals surface area contributed by atoms with Crippen LogP contribution in [0.2, 0.25) is 0 Å². The molecule has 0 fully saturated rings. The number of phenols is 1. The van der Waals surface area contributed by atoms with E-state index in [0.29, 0.717) is 58.5 Å². The highest BCUT2D eigenvalue weighted by atomic mass is 16.5. The van der Waals surface area contributed by atoms with E-state index in [-0.39, 0.29) is 54.5 Å². The number of H-pyrrole nitrogens is 2. The number of nitrogens with one attached hydrogen (secondary N) is 2. The zero-order chi connectivity index (χ0) is 59.2. The van der Waals surface area contributed by atoms with E-state index in [2.05, 4.69) is 20.4 Å². The zero-order valence-electron chi connectivity index (χ0n) is 47.4. The number of aromatic hydroxyl groups is 1. The lowest BCUT2D eigenvalue weighted by Crippen LogP contribution is -2.27. The molecule has 0 spiro atoms. The molecule has 9 aromatic carbocycles. The standard InChI is InChI=1S/C38H34N4O4.C31H28N4O4/c1-27-14-12-13-21-33(27)42-36(39-40-38(42)44)31-22-32(37(43)41(2)24-28-15-6-3-7-16-28)35(46-26-30-19-10-5-11-20-30)23-34(31)45-25-29-17-8-4-9-18-29;1-21-11-9-10-16-26(21)35-29(32-33-31(35)38)25-17-24(30(37)34(2)19-22-12-5-3-6-13-22)27(36)18-28(25)39-20-23-14-7-4-8-15-23/h3-23H,24-26H2,1-2H3,(H,40,44);3-18,36H,19-20H2,1-2H3,(H,33,38). The zero-order valence-corrected chi connectivity index (χ0v) is 47.4. The van der Waals surface area contributed by atoms with Crippen LogP contribution in [0, 0.1) is 13.8 Å². The molecule has 11 rings (SSSR count). The van der Waals surface area contributed by atoms with Gasteiger partial charge in [-0.05, 0) is 77.1 Å². The number of carbonyl (C=O) groups excluding carboxylic acids is 2.